The summed E-state index contributed by atoms with van der Waals surface area (Å²) >= 11 is 0. The minimum atomic E-state index is -0.965. The summed E-state index contributed by atoms with van der Waals surface area (Å²) in [5.41, 5.74) is 1.29. The molecule has 3 atom stereocenters. The maximum absolute atomic E-state index is 13.2. The second kappa shape index (κ2) is 19.6. The van der Waals surface area contributed by atoms with Crippen LogP contribution >= 0.6 is 0 Å². The van der Waals surface area contributed by atoms with Crippen molar-refractivity contribution in [3.63, 3.8) is 0 Å². The molecule has 2 aromatic carbocycles. The first-order valence-corrected chi connectivity index (χ1v) is 15.5. The van der Waals surface area contributed by atoms with E-state index < -0.39 is 42.0 Å². The Balaban J connectivity index is 1.94. The number of carbonyl (C=O) groups is 5. The second-order valence-electron chi connectivity index (χ2n) is 11.9. The van der Waals surface area contributed by atoms with E-state index in [-0.39, 0.29) is 42.2 Å². The van der Waals surface area contributed by atoms with E-state index in [0.717, 1.165) is 0 Å². The van der Waals surface area contributed by atoms with Gasteiger partial charge in [-0.2, -0.15) is 0 Å². The first-order chi connectivity index (χ1) is 22.3. The number of amides is 4. The van der Waals surface area contributed by atoms with E-state index in [1.165, 1.54) is 31.2 Å². The predicted molar refractivity (Wildman–Crippen MR) is 177 cm³/mol. The Morgan fingerprint density at radius 3 is 1.89 bits per heavy atom. The number of rotatable bonds is 18. The minimum Gasteiger partial charge on any atom is -0.429 e. The van der Waals surface area contributed by atoms with Crippen LogP contribution in [0.3, 0.4) is 0 Å². The summed E-state index contributed by atoms with van der Waals surface area (Å²) < 4.78 is 10.2. The van der Waals surface area contributed by atoms with Crippen molar-refractivity contribution in [2.24, 2.45) is 17.0 Å². The maximum Gasteiger partial charge on any atom is 0.514 e. The van der Waals surface area contributed by atoms with E-state index in [4.69, 9.17) is 9.47 Å². The highest BCUT2D eigenvalue weighted by atomic mass is 16.7. The smallest absolute Gasteiger partial charge is 0.429 e. The number of hydrogen-bond acceptors (Lipinski definition) is 10. The SMILES string of the molecule is CNCCC(=O)N[C@@H](CC(C)C)C(=O)N[C@@H](C)C(=O)N[C@@H](CC(C)C)C(=O)Nc1ccc(COC(=O)Oc2ccc(N=O)cc2)cc1. The molecule has 0 unspecified atom stereocenters. The third-order valence-corrected chi connectivity index (χ3v) is 6.77. The van der Waals surface area contributed by atoms with Crippen molar-refractivity contribution < 1.29 is 33.4 Å². The molecule has 0 heterocycles. The van der Waals surface area contributed by atoms with Crippen LogP contribution < -0.4 is 31.3 Å². The number of nitrogens with zero attached hydrogens (tertiary/aromatic N) is 1. The van der Waals surface area contributed by atoms with Crippen LogP contribution in [-0.2, 0) is 30.5 Å². The van der Waals surface area contributed by atoms with Crippen molar-refractivity contribution in [2.75, 3.05) is 18.9 Å². The standard InChI is InChI=1S/C33H46N6O8/c1-20(2)17-27(37-29(40)15-16-34-6)31(42)35-22(5)30(41)38-28(18-21(3)4)32(43)36-24-9-7-23(8-10-24)19-46-33(44)47-26-13-11-25(39-45)12-14-26/h7-14,20-22,27-28,34H,15-19H2,1-6H3,(H,35,42)(H,36,43)(H,37,40)(H,38,41)/t22-,27-,28-/m0/s1. The van der Waals surface area contributed by atoms with Gasteiger partial charge in [-0.05, 0) is 85.8 Å². The highest BCUT2D eigenvalue weighted by Gasteiger charge is 2.28. The van der Waals surface area contributed by atoms with Crippen LogP contribution in [0.5, 0.6) is 5.75 Å². The quantitative estimate of drug-likeness (QED) is 0.0900. The summed E-state index contributed by atoms with van der Waals surface area (Å²) in [6.45, 7) is 9.60. The Morgan fingerprint density at radius 1 is 0.745 bits per heavy atom. The van der Waals surface area contributed by atoms with Crippen LogP contribution in [-0.4, -0.2) is 61.5 Å². The zero-order valence-corrected chi connectivity index (χ0v) is 27.8. The number of nitroso groups, excluding NO2 is 1. The molecule has 2 rings (SSSR count). The van der Waals surface area contributed by atoms with E-state index in [9.17, 15) is 28.9 Å². The van der Waals surface area contributed by atoms with Crippen molar-refractivity contribution in [3.8, 4) is 5.75 Å². The molecular formula is C33H46N6O8. The molecule has 2 aromatic rings. The van der Waals surface area contributed by atoms with E-state index in [1.807, 2.05) is 27.7 Å². The molecule has 0 saturated carbocycles. The van der Waals surface area contributed by atoms with E-state index in [2.05, 4.69) is 31.8 Å². The average Bonchev–Trinajstić information content (AvgIpc) is 3.02. The number of nitrogens with one attached hydrogen (secondary N) is 5. The molecule has 0 aliphatic rings. The maximum atomic E-state index is 13.2. The highest BCUT2D eigenvalue weighted by molar-refractivity contribution is 5.98. The van der Waals surface area contributed by atoms with Gasteiger partial charge >= 0.3 is 6.16 Å². The van der Waals surface area contributed by atoms with Gasteiger partial charge in [0.25, 0.3) is 0 Å². The molecule has 0 fully saturated rings. The zero-order chi connectivity index (χ0) is 34.9. The molecule has 0 radical (unpaired) electrons. The summed E-state index contributed by atoms with van der Waals surface area (Å²) in [7, 11) is 1.73. The third kappa shape index (κ3) is 14.4. The fourth-order valence-electron chi connectivity index (χ4n) is 4.34. The molecule has 4 amide bonds. The summed E-state index contributed by atoms with van der Waals surface area (Å²) in [5, 5.41) is 16.6. The topological polar surface area (TPSA) is 193 Å². The molecular weight excluding hydrogens is 608 g/mol. The van der Waals surface area contributed by atoms with Crippen molar-refractivity contribution in [1.82, 2.24) is 21.3 Å². The molecule has 47 heavy (non-hydrogen) atoms. The summed E-state index contributed by atoms with van der Waals surface area (Å²) in [6.07, 6.45) is 0.0218. The molecule has 0 bridgehead atoms. The van der Waals surface area contributed by atoms with Gasteiger partial charge in [-0.1, -0.05) is 39.8 Å². The summed E-state index contributed by atoms with van der Waals surface area (Å²) in [4.78, 5) is 74.1. The minimum absolute atomic E-state index is 0.0677. The van der Waals surface area contributed by atoms with Gasteiger partial charge in [0.15, 0.2) is 0 Å². The number of carbonyl (C=O) groups excluding carboxylic acids is 5. The molecule has 256 valence electrons. The fourth-order valence-corrected chi connectivity index (χ4v) is 4.34. The molecule has 14 heteroatoms. The van der Waals surface area contributed by atoms with Gasteiger partial charge in [0, 0.05) is 18.7 Å². The molecule has 5 N–H and O–H groups in total. The number of benzene rings is 2. The van der Waals surface area contributed by atoms with Crippen LogP contribution in [0.4, 0.5) is 16.2 Å². The highest BCUT2D eigenvalue weighted by Crippen LogP contribution is 2.19. The number of hydrogen-bond donors (Lipinski definition) is 5. The Kier molecular flexibility index (Phi) is 16.0. The van der Waals surface area contributed by atoms with Crippen molar-refractivity contribution in [1.29, 1.82) is 0 Å². The largest absolute Gasteiger partial charge is 0.514 e. The molecule has 0 aliphatic carbocycles. The monoisotopic (exact) mass is 654 g/mol. The molecule has 0 saturated heterocycles. The normalized spacial score (nSPS) is 12.8. The molecule has 14 nitrogen and oxygen atoms in total. The first-order valence-electron chi connectivity index (χ1n) is 15.5. The fraction of sp³-hybridized carbons (Fsp3) is 0.485. The summed E-state index contributed by atoms with van der Waals surface area (Å²) in [5.74, 6) is -1.35. The lowest BCUT2D eigenvalue weighted by Gasteiger charge is -2.25. The van der Waals surface area contributed by atoms with Crippen molar-refractivity contribution >= 4 is 41.2 Å². The lowest BCUT2D eigenvalue weighted by atomic mass is 10.0. The van der Waals surface area contributed by atoms with Crippen LogP contribution in [0.25, 0.3) is 0 Å². The number of ether oxygens (including phenoxy) is 2. The van der Waals surface area contributed by atoms with Crippen molar-refractivity contribution in [2.45, 2.75) is 78.6 Å². The van der Waals surface area contributed by atoms with Crippen LogP contribution in [0.1, 0.15) is 59.4 Å². The zero-order valence-electron chi connectivity index (χ0n) is 27.8. The second-order valence-corrected chi connectivity index (χ2v) is 11.9. The lowest BCUT2D eigenvalue weighted by molar-refractivity contribution is -0.133. The summed E-state index contributed by atoms with van der Waals surface area (Å²) in [6, 6.07) is 9.56. The average molecular weight is 655 g/mol. The lowest BCUT2D eigenvalue weighted by Crippen LogP contribution is -2.55. The van der Waals surface area contributed by atoms with Gasteiger partial charge < -0.3 is 36.1 Å². The van der Waals surface area contributed by atoms with E-state index in [1.54, 1.807) is 31.3 Å². The molecule has 0 aliphatic heterocycles. The predicted octanol–water partition coefficient (Wildman–Crippen LogP) is 3.91. The number of anilines is 1. The molecule has 0 aromatic heterocycles. The Hall–Kier alpha value is -4.85. The van der Waals surface area contributed by atoms with Gasteiger partial charge in [-0.15, -0.1) is 4.91 Å². The van der Waals surface area contributed by atoms with Gasteiger partial charge in [-0.25, -0.2) is 4.79 Å². The van der Waals surface area contributed by atoms with Gasteiger partial charge in [0.2, 0.25) is 23.6 Å². The van der Waals surface area contributed by atoms with Crippen LogP contribution in [0, 0.1) is 16.7 Å². The van der Waals surface area contributed by atoms with E-state index in [0.29, 0.717) is 30.6 Å². The van der Waals surface area contributed by atoms with Crippen LogP contribution in [0.15, 0.2) is 53.7 Å². The first kappa shape index (κ1) is 38.3. The van der Waals surface area contributed by atoms with Gasteiger partial charge in [0.1, 0.15) is 36.2 Å². The Labute approximate surface area is 275 Å². The Morgan fingerprint density at radius 2 is 1.34 bits per heavy atom. The third-order valence-electron chi connectivity index (χ3n) is 6.77. The van der Waals surface area contributed by atoms with Gasteiger partial charge in [0.05, 0.1) is 0 Å². The Bertz CT molecular complexity index is 1350. The van der Waals surface area contributed by atoms with Gasteiger partial charge in [-0.3, -0.25) is 19.2 Å². The van der Waals surface area contributed by atoms with Crippen molar-refractivity contribution in [3.05, 3.63) is 59.0 Å². The van der Waals surface area contributed by atoms with Crippen LogP contribution in [0.2, 0.25) is 0 Å². The van der Waals surface area contributed by atoms with E-state index >= 15 is 0 Å². The molecule has 0 spiro atoms.